The Morgan fingerprint density at radius 2 is 2.08 bits per heavy atom. The first kappa shape index (κ1) is 6.06. The minimum absolute atomic E-state index is 0.323. The van der Waals surface area contributed by atoms with Crippen LogP contribution in [0.4, 0.5) is 0 Å². The van der Waals surface area contributed by atoms with Crippen LogP contribution in [0.15, 0.2) is 18.2 Å². The Kier molecular flexibility index (Phi) is 1.44. The van der Waals surface area contributed by atoms with E-state index in [2.05, 4.69) is 0 Å². The predicted molar refractivity (Wildman–Crippen MR) is 42.8 cm³/mol. The van der Waals surface area contributed by atoms with Crippen molar-refractivity contribution in [2.75, 3.05) is 13.2 Å². The molecule has 0 fully saturated rings. The van der Waals surface area contributed by atoms with Crippen molar-refractivity contribution in [2.24, 2.45) is 0 Å². The number of ether oxygens (including phenoxy) is 2. The second kappa shape index (κ2) is 2.85. The van der Waals surface area contributed by atoms with Gasteiger partial charge in [-0.2, -0.15) is 0 Å². The van der Waals surface area contributed by atoms with Crippen LogP contribution in [0.3, 0.4) is 0 Å². The fourth-order valence-electron chi connectivity index (χ4n) is 1.11. The zero-order chi connectivity index (χ0) is 9.26. The Bertz CT molecular complexity index is 349. The molecule has 0 aromatic heterocycles. The molecule has 12 heavy (non-hydrogen) atoms. The summed E-state index contributed by atoms with van der Waals surface area (Å²) >= 11 is 0. The quantitative estimate of drug-likeness (QED) is 0.588. The van der Waals surface area contributed by atoms with Gasteiger partial charge in [-0.1, -0.05) is 0 Å². The van der Waals surface area contributed by atoms with Crippen molar-refractivity contribution in [3.8, 4) is 11.5 Å². The molecule has 2 rings (SSSR count). The SMILES string of the molecule is [2H]C(=O)c1ccc2c(c1)OCCO2. The molecular formula is C9H8O3. The number of benzene rings is 1. The largest absolute Gasteiger partial charge is 0.486 e. The van der Waals surface area contributed by atoms with Crippen LogP contribution in [0, 0.1) is 0 Å². The molecule has 0 unspecified atom stereocenters. The molecule has 0 radical (unpaired) electrons. The van der Waals surface area contributed by atoms with Gasteiger partial charge in [0, 0.05) is 5.56 Å². The topological polar surface area (TPSA) is 35.5 Å². The molecule has 0 saturated heterocycles. The van der Waals surface area contributed by atoms with Crippen LogP contribution in [0.1, 0.15) is 11.7 Å². The Morgan fingerprint density at radius 3 is 2.83 bits per heavy atom. The van der Waals surface area contributed by atoms with Crippen LogP contribution < -0.4 is 9.47 Å². The molecule has 0 saturated carbocycles. The molecule has 1 aliphatic heterocycles. The lowest BCUT2D eigenvalue weighted by molar-refractivity contribution is 0.112. The fourth-order valence-corrected chi connectivity index (χ4v) is 1.11. The van der Waals surface area contributed by atoms with Crippen molar-refractivity contribution in [2.45, 2.75) is 0 Å². The van der Waals surface area contributed by atoms with Crippen molar-refractivity contribution < 1.29 is 15.6 Å². The molecule has 1 aromatic rings. The third kappa shape index (κ3) is 1.13. The van der Waals surface area contributed by atoms with Gasteiger partial charge in [0.1, 0.15) is 20.8 Å². The summed E-state index contributed by atoms with van der Waals surface area (Å²) in [6.07, 6.45) is -0.711. The number of hydrogen-bond donors (Lipinski definition) is 0. The van der Waals surface area contributed by atoms with Crippen LogP contribution in [0.2, 0.25) is 0 Å². The molecule has 0 amide bonds. The lowest BCUT2D eigenvalue weighted by atomic mass is 10.2. The highest BCUT2D eigenvalue weighted by atomic mass is 16.6. The summed E-state index contributed by atoms with van der Waals surface area (Å²) in [4.78, 5) is 10.7. The van der Waals surface area contributed by atoms with Gasteiger partial charge in [0.25, 0.3) is 0 Å². The average Bonchev–Trinajstić information content (AvgIpc) is 2.17. The van der Waals surface area contributed by atoms with Crippen LogP contribution in [0.5, 0.6) is 11.5 Å². The minimum atomic E-state index is -0.711. The molecule has 3 nitrogen and oxygen atoms in total. The predicted octanol–water partition coefficient (Wildman–Crippen LogP) is 1.27. The number of hydrogen-bond acceptors (Lipinski definition) is 3. The highest BCUT2D eigenvalue weighted by Crippen LogP contribution is 2.29. The zero-order valence-corrected chi connectivity index (χ0v) is 6.37. The lowest BCUT2D eigenvalue weighted by Gasteiger charge is -2.17. The molecule has 0 N–H and O–H groups in total. The Balaban J connectivity index is 2.40. The maximum absolute atomic E-state index is 10.7. The van der Waals surface area contributed by atoms with Crippen molar-refractivity contribution >= 4 is 6.26 Å². The summed E-state index contributed by atoms with van der Waals surface area (Å²) in [5.74, 6) is 1.18. The molecule has 1 heterocycles. The molecule has 0 bridgehead atoms. The van der Waals surface area contributed by atoms with Crippen molar-refractivity contribution in [1.29, 1.82) is 0 Å². The van der Waals surface area contributed by atoms with E-state index in [0.717, 1.165) is 0 Å². The standard InChI is InChI=1S/C9H8O3/c10-6-7-1-2-8-9(5-7)12-4-3-11-8/h1-2,5-6H,3-4H2/i6D. The summed E-state index contributed by atoms with van der Waals surface area (Å²) in [5, 5.41) is 0. The second-order valence-electron chi connectivity index (χ2n) is 2.46. The number of carbonyl (C=O) groups excluding carboxylic acids is 1. The van der Waals surface area contributed by atoms with Gasteiger partial charge in [-0.25, -0.2) is 0 Å². The normalized spacial score (nSPS) is 15.2. The molecule has 1 aliphatic rings. The molecule has 3 heteroatoms. The number of rotatable bonds is 1. The fraction of sp³-hybridized carbons (Fsp3) is 0.222. The van der Waals surface area contributed by atoms with Crippen LogP contribution in [-0.2, 0) is 0 Å². The van der Waals surface area contributed by atoms with Gasteiger partial charge in [0.05, 0.1) is 0 Å². The smallest absolute Gasteiger partial charge is 0.162 e. The Hall–Kier alpha value is -1.51. The summed E-state index contributed by atoms with van der Waals surface area (Å²) in [7, 11) is 0. The van der Waals surface area contributed by atoms with Gasteiger partial charge in [-0.05, 0) is 18.2 Å². The summed E-state index contributed by atoms with van der Waals surface area (Å²) in [6, 6.07) is 4.74. The number of carbonyl (C=O) groups is 1. The van der Waals surface area contributed by atoms with Crippen molar-refractivity contribution in [3.05, 3.63) is 23.8 Å². The Labute approximate surface area is 71.3 Å². The second-order valence-corrected chi connectivity index (χ2v) is 2.46. The lowest BCUT2D eigenvalue weighted by Crippen LogP contribution is -2.15. The van der Waals surface area contributed by atoms with E-state index in [4.69, 9.17) is 10.8 Å². The van der Waals surface area contributed by atoms with E-state index in [1.165, 1.54) is 6.07 Å². The third-order valence-corrected chi connectivity index (χ3v) is 1.66. The van der Waals surface area contributed by atoms with E-state index in [0.29, 0.717) is 30.3 Å². The highest BCUT2D eigenvalue weighted by molar-refractivity contribution is 5.76. The first-order valence-electron chi connectivity index (χ1n) is 4.18. The highest BCUT2D eigenvalue weighted by Gasteiger charge is 2.10. The van der Waals surface area contributed by atoms with Gasteiger partial charge in [0.2, 0.25) is 0 Å². The van der Waals surface area contributed by atoms with E-state index in [1.54, 1.807) is 12.1 Å². The number of fused-ring (bicyclic) bond motifs is 1. The summed E-state index contributed by atoms with van der Waals surface area (Å²) < 4.78 is 17.4. The average molecular weight is 165 g/mol. The van der Waals surface area contributed by atoms with Crippen LogP contribution in [-0.4, -0.2) is 19.5 Å². The molecule has 0 atom stereocenters. The molecule has 0 spiro atoms. The van der Waals surface area contributed by atoms with Gasteiger partial charge < -0.3 is 9.47 Å². The van der Waals surface area contributed by atoms with Crippen molar-refractivity contribution in [1.82, 2.24) is 0 Å². The maximum atomic E-state index is 10.7. The molecular weight excluding hydrogens is 156 g/mol. The monoisotopic (exact) mass is 165 g/mol. The van der Waals surface area contributed by atoms with E-state index in [-0.39, 0.29) is 0 Å². The van der Waals surface area contributed by atoms with Gasteiger partial charge in [-0.3, -0.25) is 4.79 Å². The minimum Gasteiger partial charge on any atom is -0.486 e. The van der Waals surface area contributed by atoms with E-state index in [9.17, 15) is 4.79 Å². The number of aldehydes is 1. The zero-order valence-electron chi connectivity index (χ0n) is 7.37. The van der Waals surface area contributed by atoms with Gasteiger partial charge in [-0.15, -0.1) is 0 Å². The summed E-state index contributed by atoms with van der Waals surface area (Å²) in [5.41, 5.74) is 0.323. The van der Waals surface area contributed by atoms with Crippen LogP contribution >= 0.6 is 0 Å². The van der Waals surface area contributed by atoms with E-state index < -0.39 is 6.26 Å². The Morgan fingerprint density at radius 1 is 1.33 bits per heavy atom. The van der Waals surface area contributed by atoms with Gasteiger partial charge >= 0.3 is 0 Å². The molecule has 0 aliphatic carbocycles. The summed E-state index contributed by atoms with van der Waals surface area (Å²) in [6.45, 7) is 1.02. The molecule has 62 valence electrons. The van der Waals surface area contributed by atoms with Crippen LogP contribution in [0.25, 0.3) is 0 Å². The maximum Gasteiger partial charge on any atom is 0.162 e. The van der Waals surface area contributed by atoms with E-state index in [1.807, 2.05) is 0 Å². The first-order chi connectivity index (χ1) is 6.27. The third-order valence-electron chi connectivity index (χ3n) is 1.66. The van der Waals surface area contributed by atoms with E-state index >= 15 is 0 Å². The first-order valence-corrected chi connectivity index (χ1v) is 3.68. The molecule has 1 aromatic carbocycles. The van der Waals surface area contributed by atoms with Gasteiger partial charge in [0.15, 0.2) is 11.5 Å². The van der Waals surface area contributed by atoms with Crippen molar-refractivity contribution in [3.63, 3.8) is 0 Å².